The second-order valence-electron chi connectivity index (χ2n) is 5.25. The summed E-state index contributed by atoms with van der Waals surface area (Å²) in [5.41, 5.74) is 0. The first-order valence-electron chi connectivity index (χ1n) is 6.35. The average molecular weight is 241 g/mol. The fraction of sp³-hybridized carbons (Fsp3) is 0.769. The van der Waals surface area contributed by atoms with Crippen molar-refractivity contribution in [1.82, 2.24) is 15.1 Å². The Labute approximate surface area is 106 Å². The molecule has 1 aliphatic rings. The molecule has 1 fully saturated rings. The maximum Gasteiger partial charge on any atom is 0.243 e. The first kappa shape index (κ1) is 14.2. The largest absolute Gasteiger partial charge is 0.348 e. The molecule has 4 nitrogen and oxygen atoms in total. The van der Waals surface area contributed by atoms with Crippen LogP contribution in [0, 0.1) is 0 Å². The van der Waals surface area contributed by atoms with Crippen LogP contribution in [0.5, 0.6) is 0 Å². The topological polar surface area (TPSA) is 35.6 Å². The molecular weight excluding hydrogens is 214 g/mol. The summed E-state index contributed by atoms with van der Waals surface area (Å²) in [7, 11) is 3.97. The number of hydrogen-bond donors (Lipinski definition) is 1. The first-order chi connectivity index (χ1) is 7.99. The average Bonchev–Trinajstić information content (AvgIpc) is 2.65. The third kappa shape index (κ3) is 5.33. The lowest BCUT2D eigenvalue weighted by Crippen LogP contribution is -2.37. The Hall–Kier alpha value is -0.870. The summed E-state index contributed by atoms with van der Waals surface area (Å²) in [6.07, 6.45) is 4.59. The van der Waals surface area contributed by atoms with E-state index in [4.69, 9.17) is 0 Å². The highest BCUT2D eigenvalue weighted by Crippen LogP contribution is 2.12. The lowest BCUT2D eigenvalue weighted by molar-refractivity contribution is -0.117. The van der Waals surface area contributed by atoms with Gasteiger partial charge in [-0.1, -0.05) is 6.08 Å². The van der Waals surface area contributed by atoms with Gasteiger partial charge in [-0.05, 0) is 34.4 Å². The van der Waals surface area contributed by atoms with E-state index in [1.165, 1.54) is 0 Å². The maximum absolute atomic E-state index is 11.6. The van der Waals surface area contributed by atoms with Gasteiger partial charge in [-0.2, -0.15) is 0 Å². The van der Waals surface area contributed by atoms with E-state index in [9.17, 15) is 4.79 Å². The van der Waals surface area contributed by atoms with Gasteiger partial charge >= 0.3 is 0 Å². The van der Waals surface area contributed by atoms with Crippen LogP contribution in [0.25, 0.3) is 0 Å². The van der Waals surface area contributed by atoms with Gasteiger partial charge in [-0.15, -0.1) is 0 Å². The van der Waals surface area contributed by atoms with Crippen LogP contribution in [0.1, 0.15) is 21.7 Å². The Bertz CT molecular complexity index is 279. The zero-order chi connectivity index (χ0) is 12.8. The molecule has 0 radical (unpaired) electrons. The van der Waals surface area contributed by atoms with Gasteiger partial charge in [0.05, 0.1) is 0 Å². The summed E-state index contributed by atoms with van der Waals surface area (Å²) in [6, 6.07) is 0.884. The smallest absolute Gasteiger partial charge is 0.243 e. The number of carbonyl (C=O) groups excluding carboxylic acids is 1. The van der Waals surface area contributed by atoms with Crippen LogP contribution < -0.4 is 5.32 Å². The molecule has 1 saturated heterocycles. The number of likely N-dealkylation sites (tertiary alicyclic amines) is 1. The van der Waals surface area contributed by atoms with E-state index in [0.717, 1.165) is 26.1 Å². The van der Waals surface area contributed by atoms with Crippen molar-refractivity contribution in [2.24, 2.45) is 0 Å². The van der Waals surface area contributed by atoms with E-state index in [2.05, 4.69) is 24.1 Å². The second kappa shape index (κ2) is 6.77. The standard InChI is InChI=1S/C13H25N3O.H2/c1-11(2)16-9-7-12(10-16)14-13(17)6-5-8-15(3)4;/h5-6,11-12H,7-10H2,1-4H3,(H,14,17);1H/b6-5+;/t12-;/m1./s1. The molecule has 0 aliphatic carbocycles. The molecule has 4 heteroatoms. The molecule has 0 bridgehead atoms. The molecule has 0 unspecified atom stereocenters. The van der Waals surface area contributed by atoms with E-state index >= 15 is 0 Å². The fourth-order valence-corrected chi connectivity index (χ4v) is 1.99. The van der Waals surface area contributed by atoms with E-state index in [-0.39, 0.29) is 7.33 Å². The van der Waals surface area contributed by atoms with E-state index in [1.807, 2.05) is 25.1 Å². The molecule has 0 saturated carbocycles. The molecule has 1 amide bonds. The SMILES string of the molecule is CC(C)N1CC[C@@H](NC(=O)/C=C/CN(C)C)C1.[HH]. The molecule has 1 aliphatic heterocycles. The number of amides is 1. The molecule has 1 heterocycles. The van der Waals surface area contributed by atoms with Gasteiger partial charge in [0.2, 0.25) is 5.91 Å². The summed E-state index contributed by atoms with van der Waals surface area (Å²) in [6.45, 7) is 7.26. The van der Waals surface area contributed by atoms with Crippen molar-refractivity contribution in [2.45, 2.75) is 32.4 Å². The van der Waals surface area contributed by atoms with Gasteiger partial charge < -0.3 is 10.2 Å². The monoisotopic (exact) mass is 241 g/mol. The highest BCUT2D eigenvalue weighted by molar-refractivity contribution is 5.87. The highest BCUT2D eigenvalue weighted by atomic mass is 16.1. The minimum Gasteiger partial charge on any atom is -0.348 e. The molecule has 0 spiro atoms. The third-order valence-corrected chi connectivity index (χ3v) is 3.04. The Morgan fingerprint density at radius 1 is 1.59 bits per heavy atom. The van der Waals surface area contributed by atoms with Crippen molar-refractivity contribution in [3.63, 3.8) is 0 Å². The van der Waals surface area contributed by atoms with Crippen molar-refractivity contribution < 1.29 is 6.22 Å². The number of carbonyl (C=O) groups is 1. The molecule has 1 atom stereocenters. The van der Waals surface area contributed by atoms with E-state index in [1.54, 1.807) is 6.08 Å². The van der Waals surface area contributed by atoms with Crippen LogP contribution in [0.2, 0.25) is 0 Å². The molecule has 1 N–H and O–H groups in total. The molecule has 0 aromatic heterocycles. The third-order valence-electron chi connectivity index (χ3n) is 3.04. The maximum atomic E-state index is 11.6. The lowest BCUT2D eigenvalue weighted by Gasteiger charge is -2.20. The predicted molar refractivity (Wildman–Crippen MR) is 73.1 cm³/mol. The van der Waals surface area contributed by atoms with Gasteiger partial charge in [0.1, 0.15) is 0 Å². The molecule has 0 aromatic carbocycles. The quantitative estimate of drug-likeness (QED) is 0.728. The number of nitrogens with one attached hydrogen (secondary N) is 1. The lowest BCUT2D eigenvalue weighted by atomic mass is 10.2. The van der Waals surface area contributed by atoms with Crippen LogP contribution in [0.15, 0.2) is 12.2 Å². The molecule has 0 aromatic rings. The van der Waals surface area contributed by atoms with Crippen LogP contribution in [-0.2, 0) is 4.79 Å². The van der Waals surface area contributed by atoms with E-state index in [0.29, 0.717) is 12.1 Å². The predicted octanol–water partition coefficient (Wildman–Crippen LogP) is 0.949. The molecule has 17 heavy (non-hydrogen) atoms. The summed E-state index contributed by atoms with van der Waals surface area (Å²) >= 11 is 0. The summed E-state index contributed by atoms with van der Waals surface area (Å²) in [5.74, 6) is 0.0301. The zero-order valence-corrected chi connectivity index (χ0v) is 11.4. The van der Waals surface area contributed by atoms with Crippen molar-refractivity contribution in [1.29, 1.82) is 0 Å². The number of hydrogen-bond acceptors (Lipinski definition) is 3. The number of rotatable bonds is 5. The van der Waals surface area contributed by atoms with E-state index < -0.39 is 0 Å². The summed E-state index contributed by atoms with van der Waals surface area (Å²) in [4.78, 5) is 16.0. The van der Waals surface area contributed by atoms with Crippen LogP contribution in [-0.4, -0.2) is 61.5 Å². The van der Waals surface area contributed by atoms with Crippen LogP contribution in [0.4, 0.5) is 0 Å². The number of nitrogens with zero attached hydrogens (tertiary/aromatic N) is 2. The number of likely N-dealkylation sites (N-methyl/N-ethyl adjacent to an activating group) is 1. The van der Waals surface area contributed by atoms with Gasteiger partial charge in [0, 0.05) is 39.2 Å². The Kier molecular flexibility index (Phi) is 5.65. The van der Waals surface area contributed by atoms with Gasteiger partial charge in [0.15, 0.2) is 0 Å². The minimum atomic E-state index is 0. The van der Waals surface area contributed by atoms with Crippen molar-refractivity contribution in [3.8, 4) is 0 Å². The molecule has 1 rings (SSSR count). The van der Waals surface area contributed by atoms with Gasteiger partial charge in [-0.3, -0.25) is 9.69 Å². The van der Waals surface area contributed by atoms with Crippen molar-refractivity contribution in [2.75, 3.05) is 33.7 Å². The van der Waals surface area contributed by atoms with Crippen LogP contribution in [0.3, 0.4) is 0 Å². The van der Waals surface area contributed by atoms with Crippen LogP contribution >= 0.6 is 0 Å². The second-order valence-corrected chi connectivity index (χ2v) is 5.25. The Morgan fingerprint density at radius 2 is 2.29 bits per heavy atom. The minimum absolute atomic E-state index is 0. The van der Waals surface area contributed by atoms with Gasteiger partial charge in [0.25, 0.3) is 0 Å². The highest BCUT2D eigenvalue weighted by Gasteiger charge is 2.24. The Morgan fingerprint density at radius 3 is 2.82 bits per heavy atom. The fourth-order valence-electron chi connectivity index (χ4n) is 1.99. The Balaban J connectivity index is 0.00000289. The first-order valence-corrected chi connectivity index (χ1v) is 6.35. The molecular formula is C13H27N3O. The molecule has 100 valence electrons. The normalized spacial score (nSPS) is 21.9. The summed E-state index contributed by atoms with van der Waals surface area (Å²) < 4.78 is 0. The van der Waals surface area contributed by atoms with Gasteiger partial charge in [-0.25, -0.2) is 0 Å². The van der Waals surface area contributed by atoms with Crippen molar-refractivity contribution >= 4 is 5.91 Å². The zero-order valence-electron chi connectivity index (χ0n) is 11.4. The van der Waals surface area contributed by atoms with Crippen molar-refractivity contribution in [3.05, 3.63) is 12.2 Å². The summed E-state index contributed by atoms with van der Waals surface area (Å²) in [5, 5.41) is 3.05.